The van der Waals surface area contributed by atoms with Crippen LogP contribution in [-0.4, -0.2) is 31.6 Å². The van der Waals surface area contributed by atoms with E-state index < -0.39 is 4.92 Å². The van der Waals surface area contributed by atoms with Crippen LogP contribution in [0.5, 0.6) is 11.5 Å². The summed E-state index contributed by atoms with van der Waals surface area (Å²) in [7, 11) is 3.10. The molecule has 0 unspecified atom stereocenters. The zero-order valence-electron chi connectivity index (χ0n) is 11.9. The number of ether oxygens (including phenoxy) is 2. The largest absolute Gasteiger partial charge is 0.493 e. The minimum absolute atomic E-state index is 0.246. The molecule has 0 saturated heterocycles. The molecule has 1 aromatic carbocycles. The average Bonchev–Trinajstić information content (AvgIpc) is 3.00. The minimum atomic E-state index is -0.621. The van der Waals surface area contributed by atoms with Crippen molar-refractivity contribution in [3.8, 4) is 11.5 Å². The smallest absolute Gasteiger partial charge is 0.433 e. The summed E-state index contributed by atoms with van der Waals surface area (Å²) < 4.78 is 15.2. The molecule has 8 nitrogen and oxygen atoms in total. The van der Waals surface area contributed by atoms with Gasteiger partial charge in [-0.2, -0.15) is 10.2 Å². The van der Waals surface area contributed by atoms with E-state index in [1.807, 2.05) is 0 Å². The van der Waals surface area contributed by atoms with Gasteiger partial charge in [0.15, 0.2) is 17.3 Å². The van der Waals surface area contributed by atoms with Gasteiger partial charge in [0, 0.05) is 0 Å². The van der Waals surface area contributed by atoms with Crippen molar-refractivity contribution in [1.29, 1.82) is 0 Å². The van der Waals surface area contributed by atoms with E-state index in [4.69, 9.17) is 13.9 Å². The molecule has 8 heteroatoms. The number of nitro groups is 1. The SMILES string of the molecule is COc1ccc(/C=N/N=C/c2ccc([N+](=O)[O-])o2)cc1OC. The highest BCUT2D eigenvalue weighted by Crippen LogP contribution is 2.26. The molecule has 1 heterocycles. The first-order chi connectivity index (χ1) is 10.6. The van der Waals surface area contributed by atoms with Crippen LogP contribution >= 0.6 is 0 Å². The third kappa shape index (κ3) is 3.69. The Balaban J connectivity index is 2.05. The topological polar surface area (TPSA) is 99.5 Å². The number of benzene rings is 1. The molecule has 114 valence electrons. The van der Waals surface area contributed by atoms with Gasteiger partial charge >= 0.3 is 5.88 Å². The molecule has 0 aliphatic heterocycles. The fraction of sp³-hybridized carbons (Fsp3) is 0.143. The number of hydrogen-bond donors (Lipinski definition) is 0. The Kier molecular flexibility index (Phi) is 4.86. The van der Waals surface area contributed by atoms with E-state index in [9.17, 15) is 10.1 Å². The molecule has 0 radical (unpaired) electrons. The predicted octanol–water partition coefficient (Wildman–Crippen LogP) is 2.66. The Hall–Kier alpha value is -3.16. The lowest BCUT2D eigenvalue weighted by Crippen LogP contribution is -1.91. The van der Waals surface area contributed by atoms with E-state index in [0.717, 1.165) is 5.56 Å². The second-order valence-electron chi connectivity index (χ2n) is 4.04. The highest BCUT2D eigenvalue weighted by atomic mass is 16.6. The van der Waals surface area contributed by atoms with Gasteiger partial charge in [-0.15, -0.1) is 0 Å². The summed E-state index contributed by atoms with van der Waals surface area (Å²) in [6.45, 7) is 0. The van der Waals surface area contributed by atoms with E-state index in [-0.39, 0.29) is 11.6 Å². The van der Waals surface area contributed by atoms with Crippen LogP contribution in [0, 0.1) is 10.1 Å². The summed E-state index contributed by atoms with van der Waals surface area (Å²) in [5.41, 5.74) is 0.764. The van der Waals surface area contributed by atoms with Crippen LogP contribution in [0.2, 0.25) is 0 Å². The first-order valence-electron chi connectivity index (χ1n) is 6.16. The maximum Gasteiger partial charge on any atom is 0.433 e. The summed E-state index contributed by atoms with van der Waals surface area (Å²) in [6, 6.07) is 7.97. The summed E-state index contributed by atoms with van der Waals surface area (Å²) >= 11 is 0. The highest BCUT2D eigenvalue weighted by Gasteiger charge is 2.09. The Morgan fingerprint density at radius 1 is 1.09 bits per heavy atom. The number of nitrogens with zero attached hydrogens (tertiary/aromatic N) is 3. The number of furan rings is 1. The van der Waals surface area contributed by atoms with Crippen LogP contribution in [0.4, 0.5) is 5.88 Å². The van der Waals surface area contributed by atoms with Gasteiger partial charge in [-0.1, -0.05) is 0 Å². The van der Waals surface area contributed by atoms with Gasteiger partial charge in [-0.3, -0.25) is 10.1 Å². The van der Waals surface area contributed by atoms with Gasteiger partial charge < -0.3 is 13.9 Å². The maximum atomic E-state index is 10.5. The molecule has 0 spiro atoms. The number of methoxy groups -OCH3 is 2. The molecule has 0 bridgehead atoms. The van der Waals surface area contributed by atoms with Crippen LogP contribution in [0.25, 0.3) is 0 Å². The summed E-state index contributed by atoms with van der Waals surface area (Å²) in [5, 5.41) is 18.1. The Bertz CT molecular complexity index is 721. The maximum absolute atomic E-state index is 10.5. The van der Waals surface area contributed by atoms with E-state index in [2.05, 4.69) is 10.2 Å². The third-order valence-corrected chi connectivity index (χ3v) is 2.66. The van der Waals surface area contributed by atoms with E-state index in [0.29, 0.717) is 11.5 Å². The van der Waals surface area contributed by atoms with Crippen LogP contribution < -0.4 is 9.47 Å². The molecule has 1 aromatic heterocycles. The van der Waals surface area contributed by atoms with Crippen LogP contribution in [0.3, 0.4) is 0 Å². The average molecular weight is 303 g/mol. The second-order valence-corrected chi connectivity index (χ2v) is 4.04. The standard InChI is InChI=1S/C14H13N3O5/c1-20-12-5-3-10(7-13(12)21-2)8-15-16-9-11-4-6-14(22-11)17(18)19/h3-9H,1-2H3/b15-8+,16-9+. The number of rotatable bonds is 6. The predicted molar refractivity (Wildman–Crippen MR) is 80.1 cm³/mol. The van der Waals surface area contributed by atoms with Gasteiger partial charge in [0.05, 0.1) is 32.7 Å². The normalized spacial score (nSPS) is 11.2. The Morgan fingerprint density at radius 3 is 2.45 bits per heavy atom. The highest BCUT2D eigenvalue weighted by molar-refractivity contribution is 5.82. The van der Waals surface area contributed by atoms with Gasteiger partial charge in [-0.25, -0.2) is 0 Å². The monoisotopic (exact) mass is 303 g/mol. The van der Waals surface area contributed by atoms with Crippen molar-refractivity contribution in [2.45, 2.75) is 0 Å². The zero-order chi connectivity index (χ0) is 15.9. The molecule has 22 heavy (non-hydrogen) atoms. The number of hydrogen-bond acceptors (Lipinski definition) is 7. The Labute approximate surface area is 125 Å². The molecule has 0 saturated carbocycles. The summed E-state index contributed by atoms with van der Waals surface area (Å²) in [4.78, 5) is 9.84. The van der Waals surface area contributed by atoms with Crippen molar-refractivity contribution in [3.63, 3.8) is 0 Å². The Morgan fingerprint density at radius 2 is 1.82 bits per heavy atom. The minimum Gasteiger partial charge on any atom is -0.493 e. The van der Waals surface area contributed by atoms with Crippen LogP contribution in [-0.2, 0) is 0 Å². The lowest BCUT2D eigenvalue weighted by atomic mass is 10.2. The molecule has 0 aliphatic rings. The molecular weight excluding hydrogens is 290 g/mol. The quantitative estimate of drug-likeness (QED) is 0.464. The summed E-state index contributed by atoms with van der Waals surface area (Å²) in [5.74, 6) is 1.10. The van der Waals surface area contributed by atoms with Gasteiger partial charge in [0.25, 0.3) is 0 Å². The van der Waals surface area contributed by atoms with Crippen LogP contribution in [0.1, 0.15) is 11.3 Å². The first-order valence-corrected chi connectivity index (χ1v) is 6.16. The third-order valence-electron chi connectivity index (χ3n) is 2.66. The van der Waals surface area contributed by atoms with Crippen molar-refractivity contribution in [2.75, 3.05) is 14.2 Å². The lowest BCUT2D eigenvalue weighted by Gasteiger charge is -2.06. The van der Waals surface area contributed by atoms with Gasteiger partial charge in [0.2, 0.25) is 0 Å². The molecule has 2 rings (SSSR count). The van der Waals surface area contributed by atoms with Crippen molar-refractivity contribution < 1.29 is 18.8 Å². The second kappa shape index (κ2) is 7.02. The zero-order valence-corrected chi connectivity index (χ0v) is 11.9. The molecule has 0 amide bonds. The molecular formula is C14H13N3O5. The van der Waals surface area contributed by atoms with E-state index in [1.54, 1.807) is 32.4 Å². The van der Waals surface area contributed by atoms with Crippen molar-refractivity contribution in [3.05, 3.63) is 51.8 Å². The van der Waals surface area contributed by atoms with Crippen molar-refractivity contribution in [1.82, 2.24) is 0 Å². The van der Waals surface area contributed by atoms with Crippen molar-refractivity contribution in [2.24, 2.45) is 10.2 Å². The molecule has 0 fully saturated rings. The molecule has 0 atom stereocenters. The van der Waals surface area contributed by atoms with Gasteiger partial charge in [-0.05, 0) is 29.8 Å². The molecule has 2 aromatic rings. The van der Waals surface area contributed by atoms with Crippen molar-refractivity contribution >= 4 is 18.3 Å². The van der Waals surface area contributed by atoms with E-state index >= 15 is 0 Å². The fourth-order valence-electron chi connectivity index (χ4n) is 1.63. The molecule has 0 N–H and O–H groups in total. The first kappa shape index (κ1) is 15.2. The fourth-order valence-corrected chi connectivity index (χ4v) is 1.63. The van der Waals surface area contributed by atoms with Crippen LogP contribution in [0.15, 0.2) is 45.0 Å². The lowest BCUT2D eigenvalue weighted by molar-refractivity contribution is -0.402. The van der Waals surface area contributed by atoms with Gasteiger partial charge in [0.1, 0.15) is 4.92 Å². The summed E-state index contributed by atoms with van der Waals surface area (Å²) in [6.07, 6.45) is 2.79. The molecule has 0 aliphatic carbocycles. The van der Waals surface area contributed by atoms with E-state index in [1.165, 1.54) is 24.6 Å².